The Balaban J connectivity index is 2.88. The molecule has 0 saturated heterocycles. The van der Waals surface area contributed by atoms with E-state index < -0.39 is 11.6 Å². The highest BCUT2D eigenvalue weighted by atomic mass is 35.5. The van der Waals surface area contributed by atoms with Crippen molar-refractivity contribution in [2.24, 2.45) is 0 Å². The number of imidazole rings is 1. The largest absolute Gasteiger partial charge is 0.319 e. The van der Waals surface area contributed by atoms with Gasteiger partial charge in [-0.25, -0.2) is 13.8 Å². The number of nitrogens with zero attached hydrogens (tertiary/aromatic N) is 2. The highest BCUT2D eigenvalue weighted by molar-refractivity contribution is 6.16. The zero-order valence-corrected chi connectivity index (χ0v) is 11.4. The third-order valence-corrected chi connectivity index (χ3v) is 3.61. The molecule has 0 unspecified atom stereocenters. The van der Waals surface area contributed by atoms with Gasteiger partial charge in [0.1, 0.15) is 11.3 Å². The van der Waals surface area contributed by atoms with Crippen molar-refractivity contribution < 1.29 is 8.78 Å². The minimum atomic E-state index is -0.864. The summed E-state index contributed by atoms with van der Waals surface area (Å²) in [6, 6.07) is 2.57. The van der Waals surface area contributed by atoms with Gasteiger partial charge < -0.3 is 4.57 Å². The molecule has 2 aromatic rings. The van der Waals surface area contributed by atoms with Gasteiger partial charge in [0.2, 0.25) is 0 Å². The van der Waals surface area contributed by atoms with Gasteiger partial charge in [-0.1, -0.05) is 6.92 Å². The predicted octanol–water partition coefficient (Wildman–Crippen LogP) is 4.20. The number of alkyl halides is 1. The van der Waals surface area contributed by atoms with Crippen molar-refractivity contribution in [2.75, 3.05) is 0 Å². The van der Waals surface area contributed by atoms with E-state index in [4.69, 9.17) is 11.6 Å². The Morgan fingerprint density at radius 2 is 2.00 bits per heavy atom. The first-order chi connectivity index (χ1) is 8.42. The van der Waals surface area contributed by atoms with Crippen LogP contribution in [0, 0.1) is 11.6 Å². The second-order valence-electron chi connectivity index (χ2n) is 4.89. The number of benzene rings is 1. The van der Waals surface area contributed by atoms with E-state index in [-0.39, 0.29) is 16.9 Å². The van der Waals surface area contributed by atoms with Crippen LogP contribution >= 0.6 is 11.6 Å². The molecule has 2 rings (SSSR count). The molecule has 98 valence electrons. The zero-order valence-electron chi connectivity index (χ0n) is 10.6. The molecule has 0 aliphatic heterocycles. The van der Waals surface area contributed by atoms with Crippen LogP contribution in [0.2, 0.25) is 0 Å². The van der Waals surface area contributed by atoms with Gasteiger partial charge in [-0.15, -0.1) is 11.6 Å². The molecule has 5 heteroatoms. The van der Waals surface area contributed by atoms with E-state index in [0.29, 0.717) is 11.3 Å². The highest BCUT2D eigenvalue weighted by Gasteiger charge is 2.26. The van der Waals surface area contributed by atoms with E-state index in [1.54, 1.807) is 4.57 Å². The Labute approximate surface area is 110 Å². The lowest BCUT2D eigenvalue weighted by Gasteiger charge is -2.27. The molecule has 0 aliphatic carbocycles. The Morgan fingerprint density at radius 3 is 2.56 bits per heavy atom. The summed E-state index contributed by atoms with van der Waals surface area (Å²) in [6.07, 6.45) is 0.762. The topological polar surface area (TPSA) is 17.8 Å². The van der Waals surface area contributed by atoms with Crippen LogP contribution in [0.3, 0.4) is 0 Å². The van der Waals surface area contributed by atoms with E-state index in [0.717, 1.165) is 12.5 Å². The van der Waals surface area contributed by atoms with E-state index >= 15 is 0 Å². The quantitative estimate of drug-likeness (QED) is 0.766. The van der Waals surface area contributed by atoms with Crippen LogP contribution in [0.15, 0.2) is 12.1 Å². The average Bonchev–Trinajstić information content (AvgIpc) is 2.74. The van der Waals surface area contributed by atoms with E-state index in [1.165, 1.54) is 6.07 Å². The lowest BCUT2D eigenvalue weighted by Crippen LogP contribution is -2.27. The summed E-state index contributed by atoms with van der Waals surface area (Å²) < 4.78 is 29.1. The van der Waals surface area contributed by atoms with E-state index in [2.05, 4.69) is 4.98 Å². The fourth-order valence-corrected chi connectivity index (χ4v) is 2.23. The van der Waals surface area contributed by atoms with Crippen molar-refractivity contribution in [3.63, 3.8) is 0 Å². The number of hydrogen-bond donors (Lipinski definition) is 0. The first-order valence-electron chi connectivity index (χ1n) is 5.84. The maximum absolute atomic E-state index is 14.0. The molecule has 0 spiro atoms. The summed E-state index contributed by atoms with van der Waals surface area (Å²) >= 11 is 5.86. The second kappa shape index (κ2) is 4.50. The molecule has 0 bridgehead atoms. The first-order valence-corrected chi connectivity index (χ1v) is 6.37. The van der Waals surface area contributed by atoms with Gasteiger partial charge in [0.25, 0.3) is 0 Å². The Hall–Kier alpha value is -1.16. The number of halogens is 3. The molecular weight excluding hydrogens is 258 g/mol. The van der Waals surface area contributed by atoms with E-state index in [9.17, 15) is 8.78 Å². The van der Waals surface area contributed by atoms with Crippen LogP contribution in [0.25, 0.3) is 11.0 Å². The molecule has 1 heterocycles. The molecule has 0 saturated carbocycles. The Morgan fingerprint density at radius 1 is 1.33 bits per heavy atom. The van der Waals surface area contributed by atoms with Crippen molar-refractivity contribution in [1.82, 2.24) is 9.55 Å². The summed E-state index contributed by atoms with van der Waals surface area (Å²) in [5.74, 6) is -1.00. The SMILES string of the molecule is CCC(C)(C)n1c(CCl)nc2ccc(F)c(F)c21. The van der Waals surface area contributed by atoms with Crippen molar-refractivity contribution in [3.8, 4) is 0 Å². The van der Waals surface area contributed by atoms with Crippen LogP contribution in [0.4, 0.5) is 8.78 Å². The number of hydrogen-bond acceptors (Lipinski definition) is 1. The highest BCUT2D eigenvalue weighted by Crippen LogP contribution is 2.31. The molecular formula is C13H15ClF2N2. The molecule has 0 N–H and O–H groups in total. The molecule has 0 amide bonds. The molecule has 1 aromatic carbocycles. The van der Waals surface area contributed by atoms with Gasteiger partial charge in [0.05, 0.1) is 11.4 Å². The van der Waals surface area contributed by atoms with Gasteiger partial charge in [-0.2, -0.15) is 0 Å². The Kier molecular flexibility index (Phi) is 3.32. The van der Waals surface area contributed by atoms with Crippen molar-refractivity contribution in [2.45, 2.75) is 38.6 Å². The van der Waals surface area contributed by atoms with Gasteiger partial charge in [-0.3, -0.25) is 0 Å². The number of rotatable bonds is 3. The van der Waals surface area contributed by atoms with Crippen LogP contribution in [-0.2, 0) is 11.4 Å². The van der Waals surface area contributed by atoms with Crippen LogP contribution in [-0.4, -0.2) is 9.55 Å². The minimum Gasteiger partial charge on any atom is -0.319 e. The molecule has 0 fully saturated rings. The smallest absolute Gasteiger partial charge is 0.184 e. The zero-order chi connectivity index (χ0) is 13.5. The lowest BCUT2D eigenvalue weighted by atomic mass is 10.0. The summed E-state index contributed by atoms with van der Waals surface area (Å²) in [4.78, 5) is 4.27. The third kappa shape index (κ3) is 1.88. The molecule has 0 radical (unpaired) electrons. The summed E-state index contributed by atoms with van der Waals surface area (Å²) in [5, 5.41) is 0. The monoisotopic (exact) mass is 272 g/mol. The number of fused-ring (bicyclic) bond motifs is 1. The predicted molar refractivity (Wildman–Crippen MR) is 68.8 cm³/mol. The van der Waals surface area contributed by atoms with E-state index in [1.807, 2.05) is 20.8 Å². The van der Waals surface area contributed by atoms with Crippen LogP contribution in [0.1, 0.15) is 33.0 Å². The standard InChI is InChI=1S/C13H15ClF2N2/c1-4-13(2,3)18-10(7-14)17-9-6-5-8(15)11(16)12(9)18/h5-6H,4,7H2,1-3H3. The third-order valence-electron chi connectivity index (χ3n) is 3.37. The summed E-state index contributed by atoms with van der Waals surface area (Å²) in [6.45, 7) is 5.89. The summed E-state index contributed by atoms with van der Waals surface area (Å²) in [7, 11) is 0. The lowest BCUT2D eigenvalue weighted by molar-refractivity contribution is 0.340. The second-order valence-corrected chi connectivity index (χ2v) is 5.16. The summed E-state index contributed by atoms with van der Waals surface area (Å²) in [5.41, 5.74) is 0.261. The van der Waals surface area contributed by atoms with Gasteiger partial charge in [0.15, 0.2) is 11.6 Å². The average molecular weight is 273 g/mol. The maximum atomic E-state index is 14.0. The minimum absolute atomic E-state index is 0.166. The molecule has 0 atom stereocenters. The van der Waals surface area contributed by atoms with Crippen molar-refractivity contribution in [1.29, 1.82) is 0 Å². The maximum Gasteiger partial charge on any atom is 0.184 e. The fourth-order valence-electron chi connectivity index (χ4n) is 2.05. The first kappa shape index (κ1) is 13.3. The van der Waals surface area contributed by atoms with Gasteiger partial charge in [-0.05, 0) is 32.4 Å². The van der Waals surface area contributed by atoms with Gasteiger partial charge in [0, 0.05) is 5.54 Å². The van der Waals surface area contributed by atoms with Crippen molar-refractivity contribution >= 4 is 22.6 Å². The molecule has 18 heavy (non-hydrogen) atoms. The fraction of sp³-hybridized carbons (Fsp3) is 0.462. The normalized spacial score (nSPS) is 12.3. The van der Waals surface area contributed by atoms with Crippen molar-refractivity contribution in [3.05, 3.63) is 29.6 Å². The number of aromatic nitrogens is 2. The molecule has 2 nitrogen and oxygen atoms in total. The molecule has 0 aliphatic rings. The van der Waals surface area contributed by atoms with Crippen LogP contribution < -0.4 is 0 Å². The molecule has 1 aromatic heterocycles. The van der Waals surface area contributed by atoms with Crippen LogP contribution in [0.5, 0.6) is 0 Å². The van der Waals surface area contributed by atoms with Gasteiger partial charge >= 0.3 is 0 Å². The Bertz CT molecular complexity index is 590.